The zero-order valence-corrected chi connectivity index (χ0v) is 12.9. The van der Waals surface area contributed by atoms with Crippen LogP contribution in [-0.4, -0.2) is 24.6 Å². The maximum Gasteiger partial charge on any atom is 0.335 e. The second-order valence-corrected chi connectivity index (χ2v) is 7.53. The summed E-state index contributed by atoms with van der Waals surface area (Å²) in [7, 11) is -3.83. The standard InChI is InChI=1S/C13H13NO5S2/c1-7-5-12(8(2)20-7)21(18,19)14-10-4-3-9(13(16)17)6-11(10)15/h3-6,14-15H,1-2H3,(H,16,17). The van der Waals surface area contributed by atoms with Crippen molar-refractivity contribution in [2.45, 2.75) is 18.7 Å². The van der Waals surface area contributed by atoms with Gasteiger partial charge in [-0.2, -0.15) is 0 Å². The van der Waals surface area contributed by atoms with Gasteiger partial charge in [0.15, 0.2) is 0 Å². The van der Waals surface area contributed by atoms with Gasteiger partial charge in [0.1, 0.15) is 10.6 Å². The van der Waals surface area contributed by atoms with Crippen LogP contribution in [0.15, 0.2) is 29.2 Å². The third-order valence-electron chi connectivity index (χ3n) is 2.77. The summed E-state index contributed by atoms with van der Waals surface area (Å²) in [6, 6.07) is 4.97. The molecule has 112 valence electrons. The maximum atomic E-state index is 12.3. The number of sulfonamides is 1. The van der Waals surface area contributed by atoms with Gasteiger partial charge in [0.05, 0.1) is 11.3 Å². The van der Waals surface area contributed by atoms with Crippen LogP contribution < -0.4 is 4.72 Å². The average Bonchev–Trinajstić information content (AvgIpc) is 2.71. The molecule has 0 spiro atoms. The molecule has 0 aliphatic heterocycles. The molecule has 0 aliphatic carbocycles. The zero-order valence-electron chi connectivity index (χ0n) is 11.2. The lowest BCUT2D eigenvalue weighted by atomic mass is 10.2. The number of carbonyl (C=O) groups is 1. The molecule has 0 fully saturated rings. The van der Waals surface area contributed by atoms with E-state index in [1.165, 1.54) is 23.5 Å². The Balaban J connectivity index is 2.37. The van der Waals surface area contributed by atoms with E-state index in [1.54, 1.807) is 19.9 Å². The Kier molecular flexibility index (Phi) is 3.93. The van der Waals surface area contributed by atoms with Gasteiger partial charge in [-0.25, -0.2) is 13.2 Å². The number of anilines is 1. The minimum atomic E-state index is -3.83. The number of nitrogens with one attached hydrogen (secondary N) is 1. The fourth-order valence-electron chi connectivity index (χ4n) is 1.82. The molecule has 0 amide bonds. The molecule has 8 heteroatoms. The summed E-state index contributed by atoms with van der Waals surface area (Å²) in [5.74, 6) is -1.65. The van der Waals surface area contributed by atoms with Crippen molar-refractivity contribution in [3.63, 3.8) is 0 Å². The number of benzene rings is 1. The Hall–Kier alpha value is -2.06. The fraction of sp³-hybridized carbons (Fsp3) is 0.154. The van der Waals surface area contributed by atoms with E-state index in [9.17, 15) is 18.3 Å². The Morgan fingerprint density at radius 1 is 1.24 bits per heavy atom. The van der Waals surface area contributed by atoms with Crippen LogP contribution in [0.3, 0.4) is 0 Å². The van der Waals surface area contributed by atoms with Crippen molar-refractivity contribution in [3.8, 4) is 5.75 Å². The Morgan fingerprint density at radius 2 is 1.90 bits per heavy atom. The monoisotopic (exact) mass is 327 g/mol. The van der Waals surface area contributed by atoms with Crippen LogP contribution >= 0.6 is 11.3 Å². The lowest BCUT2D eigenvalue weighted by molar-refractivity contribution is 0.0696. The van der Waals surface area contributed by atoms with Crippen LogP contribution in [0.25, 0.3) is 0 Å². The summed E-state index contributed by atoms with van der Waals surface area (Å²) in [6.07, 6.45) is 0. The van der Waals surface area contributed by atoms with Gasteiger partial charge >= 0.3 is 5.97 Å². The van der Waals surface area contributed by atoms with Gasteiger partial charge in [0.25, 0.3) is 10.0 Å². The minimum absolute atomic E-state index is 0.0664. The number of phenolic OH excluding ortho intramolecular Hbond substituents is 1. The Morgan fingerprint density at radius 3 is 2.38 bits per heavy atom. The van der Waals surface area contributed by atoms with Gasteiger partial charge in [-0.15, -0.1) is 11.3 Å². The van der Waals surface area contributed by atoms with Crippen molar-refractivity contribution < 1.29 is 23.4 Å². The first-order valence-electron chi connectivity index (χ1n) is 5.87. The predicted octanol–water partition coefficient (Wildman–Crippen LogP) is 2.57. The van der Waals surface area contributed by atoms with Gasteiger partial charge in [-0.1, -0.05) is 0 Å². The number of hydrogen-bond acceptors (Lipinski definition) is 5. The predicted molar refractivity (Wildman–Crippen MR) is 79.7 cm³/mol. The number of aryl methyl sites for hydroxylation is 2. The zero-order chi connectivity index (χ0) is 15.8. The Labute approximate surface area is 125 Å². The number of carboxylic acids is 1. The molecule has 0 aliphatic rings. The Bertz CT molecular complexity index is 808. The number of hydrogen-bond donors (Lipinski definition) is 3. The summed E-state index contributed by atoms with van der Waals surface area (Å²) >= 11 is 1.36. The third-order valence-corrected chi connectivity index (χ3v) is 5.36. The number of carboxylic acid groups (broad SMARTS) is 1. The average molecular weight is 327 g/mol. The molecule has 0 saturated carbocycles. The van der Waals surface area contributed by atoms with Gasteiger partial charge in [0.2, 0.25) is 0 Å². The molecule has 0 atom stereocenters. The molecule has 0 unspecified atom stereocenters. The number of thiophene rings is 1. The molecule has 1 heterocycles. The topological polar surface area (TPSA) is 104 Å². The van der Waals surface area contributed by atoms with Gasteiger partial charge in [-0.05, 0) is 38.1 Å². The van der Waals surface area contributed by atoms with E-state index in [-0.39, 0.29) is 16.1 Å². The minimum Gasteiger partial charge on any atom is -0.506 e. The van der Waals surface area contributed by atoms with Crippen LogP contribution in [0.2, 0.25) is 0 Å². The normalized spacial score (nSPS) is 11.3. The quantitative estimate of drug-likeness (QED) is 0.749. The van der Waals surface area contributed by atoms with E-state index in [1.807, 2.05) is 0 Å². The van der Waals surface area contributed by atoms with E-state index in [0.29, 0.717) is 4.88 Å². The van der Waals surface area contributed by atoms with Crippen LogP contribution in [-0.2, 0) is 10.0 Å². The van der Waals surface area contributed by atoms with E-state index in [0.717, 1.165) is 10.9 Å². The van der Waals surface area contributed by atoms with E-state index in [4.69, 9.17) is 5.11 Å². The second-order valence-electron chi connectivity index (χ2n) is 4.42. The number of aromatic carboxylic acids is 1. The van der Waals surface area contributed by atoms with Crippen LogP contribution in [0.1, 0.15) is 20.1 Å². The SMILES string of the molecule is Cc1cc(S(=O)(=O)Nc2ccc(C(=O)O)cc2O)c(C)s1. The molecule has 0 saturated heterocycles. The first kappa shape index (κ1) is 15.3. The first-order valence-corrected chi connectivity index (χ1v) is 8.17. The fourth-order valence-corrected chi connectivity index (χ4v) is 4.46. The van der Waals surface area contributed by atoms with E-state index in [2.05, 4.69) is 4.72 Å². The highest BCUT2D eigenvalue weighted by Crippen LogP contribution is 2.30. The summed E-state index contributed by atoms with van der Waals surface area (Å²) in [6.45, 7) is 3.50. The van der Waals surface area contributed by atoms with Gasteiger partial charge < -0.3 is 10.2 Å². The second kappa shape index (κ2) is 5.38. The number of phenols is 1. The molecule has 3 N–H and O–H groups in total. The molecule has 21 heavy (non-hydrogen) atoms. The first-order chi connectivity index (χ1) is 9.70. The van der Waals surface area contributed by atoms with E-state index < -0.39 is 21.7 Å². The van der Waals surface area contributed by atoms with Gasteiger partial charge in [-0.3, -0.25) is 4.72 Å². The smallest absolute Gasteiger partial charge is 0.335 e. The number of rotatable bonds is 4. The summed E-state index contributed by atoms with van der Waals surface area (Å²) in [5.41, 5.74) is -0.193. The molecule has 1 aromatic heterocycles. The summed E-state index contributed by atoms with van der Waals surface area (Å²) in [4.78, 5) is 12.4. The van der Waals surface area contributed by atoms with Crippen LogP contribution in [0, 0.1) is 13.8 Å². The van der Waals surface area contributed by atoms with Crippen LogP contribution in [0.5, 0.6) is 5.75 Å². The molecule has 6 nitrogen and oxygen atoms in total. The molecule has 0 bridgehead atoms. The molecule has 2 aromatic rings. The summed E-state index contributed by atoms with van der Waals surface area (Å²) in [5, 5.41) is 18.5. The van der Waals surface area contributed by atoms with Crippen molar-refractivity contribution in [1.29, 1.82) is 0 Å². The highest BCUT2D eigenvalue weighted by atomic mass is 32.2. The third kappa shape index (κ3) is 3.17. The lowest BCUT2D eigenvalue weighted by Crippen LogP contribution is -2.13. The molecule has 0 radical (unpaired) electrons. The summed E-state index contributed by atoms with van der Waals surface area (Å²) < 4.78 is 26.8. The molecule has 1 aromatic carbocycles. The van der Waals surface area contributed by atoms with Crippen molar-refractivity contribution in [2.24, 2.45) is 0 Å². The van der Waals surface area contributed by atoms with Crippen molar-refractivity contribution >= 4 is 33.0 Å². The van der Waals surface area contributed by atoms with Crippen molar-refractivity contribution in [3.05, 3.63) is 39.6 Å². The molecule has 2 rings (SSSR count). The molecular weight excluding hydrogens is 314 g/mol. The molecular formula is C13H13NO5S2. The highest BCUT2D eigenvalue weighted by molar-refractivity contribution is 7.93. The highest BCUT2D eigenvalue weighted by Gasteiger charge is 2.21. The van der Waals surface area contributed by atoms with Crippen molar-refractivity contribution in [1.82, 2.24) is 0 Å². The lowest BCUT2D eigenvalue weighted by Gasteiger charge is -2.09. The van der Waals surface area contributed by atoms with Crippen molar-refractivity contribution in [2.75, 3.05) is 4.72 Å². The van der Waals surface area contributed by atoms with E-state index >= 15 is 0 Å². The van der Waals surface area contributed by atoms with Crippen LogP contribution in [0.4, 0.5) is 5.69 Å². The number of aromatic hydroxyl groups is 1. The maximum absolute atomic E-state index is 12.3. The van der Waals surface area contributed by atoms with Gasteiger partial charge in [0, 0.05) is 9.75 Å². The largest absolute Gasteiger partial charge is 0.506 e.